The number of hydrogen-bond donors (Lipinski definition) is 1. The van der Waals surface area contributed by atoms with Gasteiger partial charge in [0.15, 0.2) is 5.75 Å². The summed E-state index contributed by atoms with van der Waals surface area (Å²) in [7, 11) is 0. The molecule has 1 saturated heterocycles. The zero-order valence-electron chi connectivity index (χ0n) is 9.37. The lowest BCUT2D eigenvalue weighted by Crippen LogP contribution is -2.21. The lowest BCUT2D eigenvalue weighted by molar-refractivity contribution is -0.684. The molecule has 1 fully saturated rings. The highest BCUT2D eigenvalue weighted by Gasteiger charge is 2.25. The fourth-order valence-electron chi connectivity index (χ4n) is 1.69. The molecule has 1 amide bonds. The van der Waals surface area contributed by atoms with E-state index in [-0.39, 0.29) is 5.91 Å². The molecule has 1 N–H and O–H groups in total. The van der Waals surface area contributed by atoms with E-state index in [2.05, 4.69) is 26.6 Å². The molecule has 0 atom stereocenters. The van der Waals surface area contributed by atoms with Gasteiger partial charge >= 0.3 is 0 Å². The van der Waals surface area contributed by atoms with E-state index in [0.717, 1.165) is 5.70 Å². The standard InChI is InChI=1S/C11H11NO6/c1-8-2-7-11(13)12(8)9-3-5-10(6-4-9)15-17-18-16-14/h3-6,14H,1-2,7H2. The van der Waals surface area contributed by atoms with Crippen LogP contribution in [-0.2, 0) is 19.9 Å². The van der Waals surface area contributed by atoms with E-state index in [1.54, 1.807) is 29.2 Å². The van der Waals surface area contributed by atoms with Crippen LogP contribution in [0.1, 0.15) is 12.8 Å². The Morgan fingerprint density at radius 1 is 1.17 bits per heavy atom. The summed E-state index contributed by atoms with van der Waals surface area (Å²) in [6.45, 7) is 3.83. The molecule has 7 nitrogen and oxygen atoms in total. The van der Waals surface area contributed by atoms with Gasteiger partial charge in [0, 0.05) is 27.9 Å². The van der Waals surface area contributed by atoms with Crippen LogP contribution < -0.4 is 9.79 Å². The number of rotatable bonds is 5. The van der Waals surface area contributed by atoms with Crippen LogP contribution in [0.25, 0.3) is 0 Å². The predicted molar refractivity (Wildman–Crippen MR) is 58.8 cm³/mol. The zero-order chi connectivity index (χ0) is 13.0. The number of anilines is 1. The van der Waals surface area contributed by atoms with Gasteiger partial charge in [-0.25, -0.2) is 5.26 Å². The molecule has 0 aromatic heterocycles. The Morgan fingerprint density at radius 2 is 1.89 bits per heavy atom. The van der Waals surface area contributed by atoms with Gasteiger partial charge in [-0.2, -0.15) is 0 Å². The average Bonchev–Trinajstić information content (AvgIpc) is 2.71. The second-order valence-electron chi connectivity index (χ2n) is 3.58. The van der Waals surface area contributed by atoms with Gasteiger partial charge in [0.2, 0.25) is 5.91 Å². The normalized spacial score (nSPS) is 15.3. The highest BCUT2D eigenvalue weighted by Crippen LogP contribution is 2.29. The third-order valence-electron chi connectivity index (χ3n) is 2.48. The molecule has 18 heavy (non-hydrogen) atoms. The topological polar surface area (TPSA) is 77.5 Å². The summed E-state index contributed by atoms with van der Waals surface area (Å²) in [6.07, 6.45) is 1.14. The molecule has 0 radical (unpaired) electrons. The second kappa shape index (κ2) is 5.61. The summed E-state index contributed by atoms with van der Waals surface area (Å²) < 4.78 is 0. The van der Waals surface area contributed by atoms with Crippen LogP contribution in [-0.4, -0.2) is 11.2 Å². The van der Waals surface area contributed by atoms with Gasteiger partial charge in [-0.1, -0.05) is 6.58 Å². The van der Waals surface area contributed by atoms with Gasteiger partial charge in [-0.05, 0) is 35.7 Å². The Morgan fingerprint density at radius 3 is 2.44 bits per heavy atom. The predicted octanol–water partition coefficient (Wildman–Crippen LogP) is 1.97. The number of benzene rings is 1. The van der Waals surface area contributed by atoms with Crippen molar-refractivity contribution < 1.29 is 30.1 Å². The highest BCUT2D eigenvalue weighted by molar-refractivity contribution is 5.99. The third-order valence-corrected chi connectivity index (χ3v) is 2.48. The summed E-state index contributed by atoms with van der Waals surface area (Å²) in [6, 6.07) is 6.48. The van der Waals surface area contributed by atoms with Crippen molar-refractivity contribution in [3.8, 4) is 5.75 Å². The molecule has 1 aromatic carbocycles. The van der Waals surface area contributed by atoms with E-state index in [1.807, 2.05) is 0 Å². The number of nitrogens with zero attached hydrogens (tertiary/aromatic N) is 1. The number of allylic oxidation sites excluding steroid dienone is 1. The lowest BCUT2D eigenvalue weighted by Gasteiger charge is -2.17. The van der Waals surface area contributed by atoms with Crippen molar-refractivity contribution in [1.29, 1.82) is 0 Å². The van der Waals surface area contributed by atoms with E-state index in [4.69, 9.17) is 5.26 Å². The van der Waals surface area contributed by atoms with Crippen molar-refractivity contribution in [2.45, 2.75) is 12.8 Å². The molecule has 1 aromatic rings. The maximum absolute atomic E-state index is 11.6. The summed E-state index contributed by atoms with van der Waals surface area (Å²) in [5.74, 6) is 0.329. The maximum Gasteiger partial charge on any atom is 0.231 e. The van der Waals surface area contributed by atoms with Gasteiger partial charge < -0.3 is 4.89 Å². The van der Waals surface area contributed by atoms with Crippen molar-refractivity contribution in [3.05, 3.63) is 36.5 Å². The molecule has 1 heterocycles. The van der Waals surface area contributed by atoms with Gasteiger partial charge in [0.1, 0.15) is 0 Å². The number of carbonyl (C=O) groups is 1. The molecule has 0 bridgehead atoms. The number of amides is 1. The zero-order valence-corrected chi connectivity index (χ0v) is 9.37. The minimum Gasteiger partial charge on any atom is -0.306 e. The maximum atomic E-state index is 11.6. The van der Waals surface area contributed by atoms with Crippen molar-refractivity contribution in [2.75, 3.05) is 4.90 Å². The molecule has 0 saturated carbocycles. The molecule has 0 spiro atoms. The van der Waals surface area contributed by atoms with Crippen molar-refractivity contribution in [2.24, 2.45) is 0 Å². The molecular formula is C11H11NO6. The monoisotopic (exact) mass is 253 g/mol. The third kappa shape index (κ3) is 2.66. The quantitative estimate of drug-likeness (QED) is 0.491. The summed E-state index contributed by atoms with van der Waals surface area (Å²) >= 11 is 0. The largest absolute Gasteiger partial charge is 0.306 e. The molecule has 0 unspecified atom stereocenters. The molecule has 1 aliphatic rings. The first kappa shape index (κ1) is 12.5. The second-order valence-corrected chi connectivity index (χ2v) is 3.58. The first-order valence-electron chi connectivity index (χ1n) is 5.14. The Kier molecular flexibility index (Phi) is 3.90. The van der Waals surface area contributed by atoms with Crippen LogP contribution in [0, 0.1) is 0 Å². The van der Waals surface area contributed by atoms with Crippen LogP contribution in [0.4, 0.5) is 5.69 Å². The molecule has 2 rings (SSSR count). The Hall–Kier alpha value is -1.93. The van der Waals surface area contributed by atoms with Gasteiger partial charge in [0.05, 0.1) is 0 Å². The molecule has 1 aliphatic heterocycles. The van der Waals surface area contributed by atoms with Crippen LogP contribution in [0.5, 0.6) is 5.75 Å². The lowest BCUT2D eigenvalue weighted by atomic mass is 10.2. The van der Waals surface area contributed by atoms with Gasteiger partial charge in [-0.15, -0.1) is 0 Å². The van der Waals surface area contributed by atoms with Crippen molar-refractivity contribution >= 4 is 11.6 Å². The summed E-state index contributed by atoms with van der Waals surface area (Å²) in [5.41, 5.74) is 1.47. The Labute approximate surface area is 102 Å². The fraction of sp³-hybridized carbons (Fsp3) is 0.182. The smallest absolute Gasteiger partial charge is 0.231 e. The Balaban J connectivity index is 2.03. The van der Waals surface area contributed by atoms with E-state index >= 15 is 0 Å². The first-order valence-corrected chi connectivity index (χ1v) is 5.14. The fourth-order valence-corrected chi connectivity index (χ4v) is 1.69. The minimum atomic E-state index is 0.0157. The number of hydrogen-bond acceptors (Lipinski definition) is 6. The number of carbonyl (C=O) groups excluding carboxylic acids is 1. The summed E-state index contributed by atoms with van der Waals surface area (Å²) in [4.78, 5) is 17.8. The average molecular weight is 253 g/mol. The van der Waals surface area contributed by atoms with Crippen LogP contribution in [0.3, 0.4) is 0 Å². The van der Waals surface area contributed by atoms with E-state index < -0.39 is 0 Å². The SMILES string of the molecule is C=C1CCC(=O)N1c1ccc(OOOOO)cc1. The van der Waals surface area contributed by atoms with Crippen LogP contribution in [0.15, 0.2) is 36.5 Å². The molecular weight excluding hydrogens is 242 g/mol. The van der Waals surface area contributed by atoms with E-state index in [1.165, 1.54) is 0 Å². The van der Waals surface area contributed by atoms with Gasteiger partial charge in [0.25, 0.3) is 0 Å². The summed E-state index contributed by atoms with van der Waals surface area (Å²) in [5, 5.41) is 18.7. The highest BCUT2D eigenvalue weighted by atomic mass is 17.8. The van der Waals surface area contributed by atoms with Crippen LogP contribution >= 0.6 is 0 Å². The van der Waals surface area contributed by atoms with E-state index in [9.17, 15) is 4.79 Å². The Bertz CT molecular complexity index is 427. The van der Waals surface area contributed by atoms with E-state index in [0.29, 0.717) is 24.3 Å². The molecule has 96 valence electrons. The minimum absolute atomic E-state index is 0.0157. The molecule has 7 heteroatoms. The van der Waals surface area contributed by atoms with Gasteiger partial charge in [-0.3, -0.25) is 9.69 Å². The van der Waals surface area contributed by atoms with Crippen LogP contribution in [0.2, 0.25) is 0 Å². The first-order chi connectivity index (χ1) is 8.72. The van der Waals surface area contributed by atoms with Crippen molar-refractivity contribution in [1.82, 2.24) is 0 Å². The van der Waals surface area contributed by atoms with Crippen molar-refractivity contribution in [3.63, 3.8) is 0 Å². The molecule has 0 aliphatic carbocycles.